The molecule has 1 aromatic carbocycles. The Morgan fingerprint density at radius 1 is 1.14 bits per heavy atom. The second kappa shape index (κ2) is 7.41. The van der Waals surface area contributed by atoms with Gasteiger partial charge in [0.15, 0.2) is 5.65 Å². The second-order valence-corrected chi connectivity index (χ2v) is 8.65. The van der Waals surface area contributed by atoms with Crippen LogP contribution in [0.3, 0.4) is 0 Å². The van der Waals surface area contributed by atoms with E-state index in [0.717, 1.165) is 55.0 Å². The Balaban J connectivity index is 1.47. The van der Waals surface area contributed by atoms with Crippen LogP contribution in [0.15, 0.2) is 36.8 Å². The van der Waals surface area contributed by atoms with Gasteiger partial charge < -0.3 is 9.64 Å². The Labute approximate surface area is 166 Å². The Morgan fingerprint density at radius 3 is 2.64 bits per heavy atom. The summed E-state index contributed by atoms with van der Waals surface area (Å²) in [6.07, 6.45) is 7.01. The fourth-order valence-electron chi connectivity index (χ4n) is 4.06. The van der Waals surface area contributed by atoms with Crippen molar-refractivity contribution >= 4 is 16.9 Å². The van der Waals surface area contributed by atoms with E-state index < -0.39 is 0 Å². The number of methoxy groups -OCH3 is 1. The van der Waals surface area contributed by atoms with Crippen LogP contribution < -0.4 is 9.64 Å². The van der Waals surface area contributed by atoms with Crippen LogP contribution in [0.2, 0.25) is 0 Å². The third-order valence-electron chi connectivity index (χ3n) is 5.55. The zero-order valence-electron chi connectivity index (χ0n) is 17.2. The van der Waals surface area contributed by atoms with E-state index in [1.165, 1.54) is 5.56 Å². The molecule has 0 radical (unpaired) electrons. The van der Waals surface area contributed by atoms with Crippen LogP contribution >= 0.6 is 0 Å². The van der Waals surface area contributed by atoms with Crippen molar-refractivity contribution < 1.29 is 4.74 Å². The molecular formula is C22H29N5O. The van der Waals surface area contributed by atoms with Crippen molar-refractivity contribution in [1.82, 2.24) is 19.7 Å². The first-order valence-corrected chi connectivity index (χ1v) is 10.0. The Hall–Kier alpha value is -2.63. The van der Waals surface area contributed by atoms with Crippen molar-refractivity contribution in [3.63, 3.8) is 0 Å². The number of aromatic nitrogens is 4. The van der Waals surface area contributed by atoms with Gasteiger partial charge in [0.05, 0.1) is 24.2 Å². The molecule has 0 N–H and O–H groups in total. The van der Waals surface area contributed by atoms with Crippen LogP contribution in [-0.2, 0) is 12.0 Å². The first-order chi connectivity index (χ1) is 13.5. The molecule has 3 aromatic rings. The molecule has 0 atom stereocenters. The van der Waals surface area contributed by atoms with Crippen LogP contribution in [0.25, 0.3) is 11.0 Å². The predicted molar refractivity (Wildman–Crippen MR) is 112 cm³/mol. The monoisotopic (exact) mass is 379 g/mol. The van der Waals surface area contributed by atoms with Gasteiger partial charge >= 0.3 is 0 Å². The first kappa shape index (κ1) is 18.7. The van der Waals surface area contributed by atoms with Crippen molar-refractivity contribution in [2.24, 2.45) is 5.92 Å². The number of nitrogens with zero attached hydrogens (tertiary/aromatic N) is 5. The van der Waals surface area contributed by atoms with Crippen molar-refractivity contribution in [1.29, 1.82) is 0 Å². The summed E-state index contributed by atoms with van der Waals surface area (Å²) in [4.78, 5) is 11.5. The Morgan fingerprint density at radius 2 is 1.93 bits per heavy atom. The first-order valence-electron chi connectivity index (χ1n) is 10.0. The van der Waals surface area contributed by atoms with Crippen LogP contribution in [0, 0.1) is 5.92 Å². The Bertz CT molecular complexity index is 951. The maximum absolute atomic E-state index is 5.36. The smallest absolute Gasteiger partial charge is 0.163 e. The van der Waals surface area contributed by atoms with Gasteiger partial charge in [-0.15, -0.1) is 0 Å². The third kappa shape index (κ3) is 3.68. The average Bonchev–Trinajstić information content (AvgIpc) is 3.13. The lowest BCUT2D eigenvalue weighted by molar-refractivity contribution is 0.366. The molecule has 148 valence electrons. The third-order valence-corrected chi connectivity index (χ3v) is 5.55. The van der Waals surface area contributed by atoms with E-state index in [9.17, 15) is 0 Å². The molecule has 2 aromatic heterocycles. The fourth-order valence-corrected chi connectivity index (χ4v) is 4.06. The number of piperidine rings is 1. The summed E-state index contributed by atoms with van der Waals surface area (Å²) in [5.41, 5.74) is 2.17. The summed E-state index contributed by atoms with van der Waals surface area (Å²) < 4.78 is 7.34. The van der Waals surface area contributed by atoms with Gasteiger partial charge in [0.1, 0.15) is 17.9 Å². The highest BCUT2D eigenvalue weighted by atomic mass is 16.5. The van der Waals surface area contributed by atoms with E-state index in [0.29, 0.717) is 5.92 Å². The minimum atomic E-state index is -0.100. The van der Waals surface area contributed by atoms with E-state index in [1.807, 2.05) is 16.9 Å². The average molecular weight is 380 g/mol. The fraction of sp³-hybridized carbons (Fsp3) is 0.500. The maximum atomic E-state index is 5.36. The van der Waals surface area contributed by atoms with Gasteiger partial charge in [0, 0.05) is 13.1 Å². The topological polar surface area (TPSA) is 56.1 Å². The van der Waals surface area contributed by atoms with Gasteiger partial charge in [0.25, 0.3) is 0 Å². The molecular weight excluding hydrogens is 350 g/mol. The minimum Gasteiger partial charge on any atom is -0.497 e. The summed E-state index contributed by atoms with van der Waals surface area (Å²) >= 11 is 0. The van der Waals surface area contributed by atoms with E-state index in [1.54, 1.807) is 13.4 Å². The molecule has 28 heavy (non-hydrogen) atoms. The van der Waals surface area contributed by atoms with Crippen LogP contribution in [-0.4, -0.2) is 39.9 Å². The van der Waals surface area contributed by atoms with E-state index in [2.05, 4.69) is 58.9 Å². The molecule has 6 heteroatoms. The summed E-state index contributed by atoms with van der Waals surface area (Å²) in [5.74, 6) is 2.65. The summed E-state index contributed by atoms with van der Waals surface area (Å²) in [5, 5.41) is 5.63. The number of rotatable bonds is 4. The van der Waals surface area contributed by atoms with E-state index in [-0.39, 0.29) is 5.54 Å². The van der Waals surface area contributed by atoms with Crippen LogP contribution in [0.1, 0.15) is 39.2 Å². The molecule has 4 rings (SSSR count). The van der Waals surface area contributed by atoms with Gasteiger partial charge in [-0.25, -0.2) is 14.6 Å². The van der Waals surface area contributed by atoms with Crippen LogP contribution in [0.4, 0.5) is 5.82 Å². The van der Waals surface area contributed by atoms with Gasteiger partial charge in [-0.2, -0.15) is 5.10 Å². The molecule has 3 heterocycles. The summed E-state index contributed by atoms with van der Waals surface area (Å²) in [6.45, 7) is 8.46. The van der Waals surface area contributed by atoms with Crippen molar-refractivity contribution in [3.8, 4) is 5.75 Å². The molecule has 0 unspecified atom stereocenters. The number of fused-ring (bicyclic) bond motifs is 1. The summed E-state index contributed by atoms with van der Waals surface area (Å²) in [7, 11) is 1.72. The molecule has 0 aliphatic carbocycles. The lowest BCUT2D eigenvalue weighted by Gasteiger charge is -2.33. The molecule has 1 aliphatic rings. The molecule has 1 saturated heterocycles. The second-order valence-electron chi connectivity index (χ2n) is 8.65. The zero-order chi connectivity index (χ0) is 19.7. The lowest BCUT2D eigenvalue weighted by Crippen LogP contribution is -2.35. The van der Waals surface area contributed by atoms with Crippen molar-refractivity contribution in [2.75, 3.05) is 25.1 Å². The molecule has 6 nitrogen and oxygen atoms in total. The normalized spacial score (nSPS) is 15.9. The number of hydrogen-bond acceptors (Lipinski definition) is 5. The molecule has 1 fully saturated rings. The minimum absolute atomic E-state index is 0.100. The predicted octanol–water partition coefficient (Wildman–Crippen LogP) is 4.05. The highest BCUT2D eigenvalue weighted by Gasteiger charge is 2.25. The number of anilines is 1. The Kier molecular flexibility index (Phi) is 4.96. The van der Waals surface area contributed by atoms with Crippen molar-refractivity contribution in [3.05, 3.63) is 42.4 Å². The SMILES string of the molecule is COc1cccc(CC2CCN(c3ncnc4c3cnn4C(C)(C)C)CC2)c1. The molecule has 0 saturated carbocycles. The number of benzene rings is 1. The number of ether oxygens (including phenoxy) is 1. The van der Waals surface area contributed by atoms with E-state index >= 15 is 0 Å². The van der Waals surface area contributed by atoms with Crippen molar-refractivity contribution in [2.45, 2.75) is 45.6 Å². The highest BCUT2D eigenvalue weighted by Crippen LogP contribution is 2.30. The molecule has 0 spiro atoms. The maximum Gasteiger partial charge on any atom is 0.163 e. The van der Waals surface area contributed by atoms with Crippen LogP contribution in [0.5, 0.6) is 5.75 Å². The zero-order valence-corrected chi connectivity index (χ0v) is 17.2. The quantitative estimate of drug-likeness (QED) is 0.684. The van der Waals surface area contributed by atoms with E-state index in [4.69, 9.17) is 4.74 Å². The van der Waals surface area contributed by atoms with Gasteiger partial charge in [-0.05, 0) is 63.6 Å². The molecule has 0 bridgehead atoms. The summed E-state index contributed by atoms with van der Waals surface area (Å²) in [6, 6.07) is 8.43. The lowest BCUT2D eigenvalue weighted by atomic mass is 9.90. The van der Waals surface area contributed by atoms with Gasteiger partial charge in [-0.3, -0.25) is 0 Å². The molecule has 0 amide bonds. The van der Waals surface area contributed by atoms with Gasteiger partial charge in [0.2, 0.25) is 0 Å². The van der Waals surface area contributed by atoms with Gasteiger partial charge in [-0.1, -0.05) is 12.1 Å². The molecule has 1 aliphatic heterocycles. The largest absolute Gasteiger partial charge is 0.497 e. The number of hydrogen-bond donors (Lipinski definition) is 0. The highest BCUT2D eigenvalue weighted by molar-refractivity contribution is 5.86. The standard InChI is InChI=1S/C22H29N5O/c1-22(2,3)27-21-19(14-25-27)20(23-15-24-21)26-10-8-16(9-11-26)12-17-6-5-7-18(13-17)28-4/h5-7,13-16H,8-12H2,1-4H3.